The number of hydrogen-bond acceptors (Lipinski definition) is 3. The van der Waals surface area contributed by atoms with Crippen LogP contribution in [-0.2, 0) is 6.42 Å². The number of rotatable bonds is 4. The SMILES string of the molecule is CCc1cc(C(=O)O)c(NC(=O)c2ccc(C)c(Cl)c2)s1. The van der Waals surface area contributed by atoms with Gasteiger partial charge in [0.2, 0.25) is 0 Å². The highest BCUT2D eigenvalue weighted by Gasteiger charge is 2.17. The van der Waals surface area contributed by atoms with Gasteiger partial charge in [-0.05, 0) is 37.1 Å². The number of carbonyl (C=O) groups is 2. The van der Waals surface area contributed by atoms with Crippen LogP contribution in [0.25, 0.3) is 0 Å². The Morgan fingerprint density at radius 3 is 2.62 bits per heavy atom. The summed E-state index contributed by atoms with van der Waals surface area (Å²) in [6.07, 6.45) is 0.719. The van der Waals surface area contributed by atoms with E-state index in [0.717, 1.165) is 16.9 Å². The van der Waals surface area contributed by atoms with Gasteiger partial charge in [-0.15, -0.1) is 11.3 Å². The van der Waals surface area contributed by atoms with E-state index in [1.807, 2.05) is 13.8 Å². The number of aryl methyl sites for hydroxylation is 2. The Morgan fingerprint density at radius 1 is 1.33 bits per heavy atom. The van der Waals surface area contributed by atoms with Crippen molar-refractivity contribution in [1.82, 2.24) is 0 Å². The zero-order valence-corrected chi connectivity index (χ0v) is 13.1. The lowest BCUT2D eigenvalue weighted by Crippen LogP contribution is -2.13. The molecule has 1 heterocycles. The molecule has 0 aliphatic heterocycles. The maximum atomic E-state index is 12.2. The van der Waals surface area contributed by atoms with Crippen molar-refractivity contribution < 1.29 is 14.7 Å². The van der Waals surface area contributed by atoms with Crippen LogP contribution in [0.1, 0.15) is 38.1 Å². The molecule has 0 unspecified atom stereocenters. The van der Waals surface area contributed by atoms with Crippen LogP contribution in [0, 0.1) is 6.92 Å². The summed E-state index contributed by atoms with van der Waals surface area (Å²) in [6, 6.07) is 6.57. The van der Waals surface area contributed by atoms with Crippen LogP contribution < -0.4 is 5.32 Å². The Morgan fingerprint density at radius 2 is 2.05 bits per heavy atom. The Labute approximate surface area is 131 Å². The van der Waals surface area contributed by atoms with Gasteiger partial charge in [0.25, 0.3) is 5.91 Å². The van der Waals surface area contributed by atoms with E-state index in [1.54, 1.807) is 24.3 Å². The lowest BCUT2D eigenvalue weighted by Gasteiger charge is -2.06. The number of carboxylic acids is 1. The molecule has 0 spiro atoms. The first-order valence-corrected chi connectivity index (χ1v) is 7.55. The van der Waals surface area contributed by atoms with Crippen molar-refractivity contribution >= 4 is 39.8 Å². The second kappa shape index (κ2) is 6.28. The van der Waals surface area contributed by atoms with Gasteiger partial charge in [0.1, 0.15) is 5.00 Å². The lowest BCUT2D eigenvalue weighted by molar-refractivity contribution is 0.0698. The average molecular weight is 324 g/mol. The smallest absolute Gasteiger partial charge is 0.338 e. The van der Waals surface area contributed by atoms with Gasteiger partial charge < -0.3 is 10.4 Å². The van der Waals surface area contributed by atoms with E-state index in [1.165, 1.54) is 11.3 Å². The van der Waals surface area contributed by atoms with Crippen LogP contribution in [0.4, 0.5) is 5.00 Å². The molecule has 110 valence electrons. The predicted molar refractivity (Wildman–Crippen MR) is 84.8 cm³/mol. The minimum absolute atomic E-state index is 0.114. The summed E-state index contributed by atoms with van der Waals surface area (Å²) >= 11 is 7.27. The third-order valence-corrected chi connectivity index (χ3v) is 4.63. The van der Waals surface area contributed by atoms with Crippen molar-refractivity contribution in [1.29, 1.82) is 0 Å². The molecule has 0 aliphatic carbocycles. The highest BCUT2D eigenvalue weighted by atomic mass is 35.5. The second-order valence-electron chi connectivity index (χ2n) is 4.53. The van der Waals surface area contributed by atoms with Gasteiger partial charge in [-0.2, -0.15) is 0 Å². The van der Waals surface area contributed by atoms with Gasteiger partial charge in [-0.25, -0.2) is 4.79 Å². The molecule has 0 bridgehead atoms. The third-order valence-electron chi connectivity index (χ3n) is 3.02. The molecule has 1 amide bonds. The molecule has 0 saturated carbocycles. The molecule has 0 saturated heterocycles. The average Bonchev–Trinajstić information content (AvgIpc) is 2.85. The summed E-state index contributed by atoms with van der Waals surface area (Å²) in [5.74, 6) is -1.42. The van der Waals surface area contributed by atoms with Crippen molar-refractivity contribution in [3.8, 4) is 0 Å². The molecule has 4 nitrogen and oxygen atoms in total. The van der Waals surface area contributed by atoms with E-state index >= 15 is 0 Å². The van der Waals surface area contributed by atoms with E-state index in [4.69, 9.17) is 11.6 Å². The molecule has 2 aromatic rings. The summed E-state index contributed by atoms with van der Waals surface area (Å²) in [5.41, 5.74) is 1.39. The van der Waals surface area contributed by atoms with Crippen LogP contribution in [0.15, 0.2) is 24.3 Å². The van der Waals surface area contributed by atoms with Gasteiger partial charge in [0, 0.05) is 15.5 Å². The summed E-state index contributed by atoms with van der Waals surface area (Å²) in [4.78, 5) is 24.3. The van der Waals surface area contributed by atoms with Crippen LogP contribution >= 0.6 is 22.9 Å². The molecule has 6 heteroatoms. The number of aromatic carboxylic acids is 1. The fraction of sp³-hybridized carbons (Fsp3) is 0.200. The summed E-state index contributed by atoms with van der Waals surface area (Å²) < 4.78 is 0. The standard InChI is InChI=1S/C15H14ClNO3S/c1-3-10-7-11(15(19)20)14(21-10)17-13(18)9-5-4-8(2)12(16)6-9/h4-7H,3H2,1-2H3,(H,17,18)(H,19,20). The molecule has 21 heavy (non-hydrogen) atoms. The molecule has 0 atom stereocenters. The third kappa shape index (κ3) is 3.43. The molecule has 2 N–H and O–H groups in total. The molecule has 1 aromatic carbocycles. The molecule has 0 fully saturated rings. The Bertz CT molecular complexity index is 709. The van der Waals surface area contributed by atoms with Crippen LogP contribution in [0.2, 0.25) is 5.02 Å². The molecular formula is C15H14ClNO3S. The second-order valence-corrected chi connectivity index (χ2v) is 6.08. The molecule has 2 rings (SSSR count). The zero-order valence-electron chi connectivity index (χ0n) is 11.6. The Kier molecular flexibility index (Phi) is 4.65. The molecule has 0 aliphatic rings. The topological polar surface area (TPSA) is 66.4 Å². The van der Waals surface area contributed by atoms with Crippen LogP contribution in [0.5, 0.6) is 0 Å². The summed E-state index contributed by atoms with van der Waals surface area (Å²) in [7, 11) is 0. The van der Waals surface area contributed by atoms with Gasteiger partial charge in [0.15, 0.2) is 0 Å². The molecule has 0 radical (unpaired) electrons. The van der Waals surface area contributed by atoms with Gasteiger partial charge in [-0.1, -0.05) is 24.6 Å². The number of amides is 1. The largest absolute Gasteiger partial charge is 0.478 e. The number of carboxylic acid groups (broad SMARTS) is 1. The number of hydrogen-bond donors (Lipinski definition) is 2. The fourth-order valence-corrected chi connectivity index (χ4v) is 2.94. The van der Waals surface area contributed by atoms with E-state index in [2.05, 4.69) is 5.32 Å². The van der Waals surface area contributed by atoms with Crippen molar-refractivity contribution in [2.45, 2.75) is 20.3 Å². The summed E-state index contributed by atoms with van der Waals surface area (Å²) in [5, 5.41) is 12.7. The van der Waals surface area contributed by atoms with Crippen molar-refractivity contribution in [3.05, 3.63) is 50.9 Å². The van der Waals surface area contributed by atoms with E-state index < -0.39 is 5.97 Å². The first kappa shape index (κ1) is 15.5. The molecular weight excluding hydrogens is 310 g/mol. The van der Waals surface area contributed by atoms with Crippen LogP contribution in [0.3, 0.4) is 0 Å². The predicted octanol–water partition coefficient (Wildman–Crippen LogP) is 4.22. The number of halogens is 1. The van der Waals surface area contributed by atoms with Gasteiger partial charge in [-0.3, -0.25) is 4.79 Å². The van der Waals surface area contributed by atoms with E-state index in [9.17, 15) is 14.7 Å². The van der Waals surface area contributed by atoms with Gasteiger partial charge in [0.05, 0.1) is 5.56 Å². The number of thiophene rings is 1. The number of carbonyl (C=O) groups excluding carboxylic acids is 1. The highest BCUT2D eigenvalue weighted by molar-refractivity contribution is 7.16. The fourth-order valence-electron chi connectivity index (χ4n) is 1.78. The quantitative estimate of drug-likeness (QED) is 0.885. The maximum Gasteiger partial charge on any atom is 0.338 e. The normalized spacial score (nSPS) is 10.4. The highest BCUT2D eigenvalue weighted by Crippen LogP contribution is 2.29. The van der Waals surface area contributed by atoms with Crippen molar-refractivity contribution in [3.63, 3.8) is 0 Å². The Balaban J connectivity index is 2.28. The zero-order chi connectivity index (χ0) is 15.6. The van der Waals surface area contributed by atoms with E-state index in [-0.39, 0.29) is 11.5 Å². The monoisotopic (exact) mass is 323 g/mol. The van der Waals surface area contributed by atoms with Crippen LogP contribution in [-0.4, -0.2) is 17.0 Å². The Hall–Kier alpha value is -1.85. The first-order valence-electron chi connectivity index (χ1n) is 6.36. The minimum atomic E-state index is -1.05. The van der Waals surface area contributed by atoms with Gasteiger partial charge >= 0.3 is 5.97 Å². The number of anilines is 1. The molecule has 1 aromatic heterocycles. The maximum absolute atomic E-state index is 12.2. The lowest BCUT2D eigenvalue weighted by atomic mass is 10.1. The summed E-state index contributed by atoms with van der Waals surface area (Å²) in [6.45, 7) is 3.78. The van der Waals surface area contributed by atoms with Crippen molar-refractivity contribution in [2.24, 2.45) is 0 Å². The number of benzene rings is 1. The van der Waals surface area contributed by atoms with E-state index in [0.29, 0.717) is 15.6 Å². The minimum Gasteiger partial charge on any atom is -0.478 e. The number of nitrogens with one attached hydrogen (secondary N) is 1. The van der Waals surface area contributed by atoms with Crippen molar-refractivity contribution in [2.75, 3.05) is 5.32 Å². The first-order chi connectivity index (χ1) is 9.92.